The maximum Gasteiger partial charge on any atom is 0.269 e. The van der Waals surface area contributed by atoms with E-state index in [-0.39, 0.29) is 6.71 Å². The predicted molar refractivity (Wildman–Crippen MR) is 66.1 cm³/mol. The van der Waals surface area contributed by atoms with Crippen LogP contribution in [-0.2, 0) is 0 Å². The molecule has 0 unspecified atom stereocenters. The SMILES string of the molecule is N#CB1CC(c2cc3nnc(Cl)cc3s2)C1. The van der Waals surface area contributed by atoms with Crippen LogP contribution in [0.3, 0.4) is 0 Å². The maximum atomic E-state index is 8.74. The molecule has 0 radical (unpaired) electrons. The van der Waals surface area contributed by atoms with Crippen molar-refractivity contribution in [1.29, 1.82) is 5.26 Å². The van der Waals surface area contributed by atoms with Gasteiger partial charge >= 0.3 is 0 Å². The Morgan fingerprint density at radius 1 is 1.44 bits per heavy atom. The number of fused-ring (bicyclic) bond motifs is 1. The Balaban J connectivity index is 1.92. The van der Waals surface area contributed by atoms with E-state index in [9.17, 15) is 0 Å². The minimum Gasteiger partial charge on any atom is -0.213 e. The first-order valence-corrected chi connectivity index (χ1v) is 6.28. The van der Waals surface area contributed by atoms with Crippen molar-refractivity contribution in [2.24, 2.45) is 0 Å². The quantitative estimate of drug-likeness (QED) is 0.728. The van der Waals surface area contributed by atoms with Crippen LogP contribution in [0.2, 0.25) is 17.8 Å². The van der Waals surface area contributed by atoms with Gasteiger partial charge in [0.2, 0.25) is 0 Å². The summed E-state index contributed by atoms with van der Waals surface area (Å²) in [5, 5.41) is 17.0. The number of nitriles is 1. The molecule has 1 fully saturated rings. The van der Waals surface area contributed by atoms with Gasteiger partial charge in [0.15, 0.2) is 5.15 Å². The molecule has 0 N–H and O–H groups in total. The molecule has 16 heavy (non-hydrogen) atoms. The smallest absolute Gasteiger partial charge is 0.213 e. The van der Waals surface area contributed by atoms with Gasteiger partial charge in [0.05, 0.1) is 4.70 Å². The van der Waals surface area contributed by atoms with Crippen molar-refractivity contribution < 1.29 is 0 Å². The summed E-state index contributed by atoms with van der Waals surface area (Å²) in [6, 6.07) is 3.92. The lowest BCUT2D eigenvalue weighted by Crippen LogP contribution is -2.27. The number of hydrogen-bond donors (Lipinski definition) is 0. The lowest BCUT2D eigenvalue weighted by molar-refractivity contribution is 0.790. The summed E-state index contributed by atoms with van der Waals surface area (Å²) in [5.41, 5.74) is 0.907. The largest absolute Gasteiger partial charge is 0.269 e. The molecule has 2 aromatic rings. The van der Waals surface area contributed by atoms with Gasteiger partial charge in [-0.15, -0.1) is 21.5 Å². The molecule has 0 bridgehead atoms. The summed E-state index contributed by atoms with van der Waals surface area (Å²) in [6.45, 7) is 0.241. The Hall–Kier alpha value is -1.12. The third-order valence-electron chi connectivity index (χ3n) is 2.99. The average Bonchev–Trinajstić information content (AvgIpc) is 2.58. The van der Waals surface area contributed by atoms with Crippen molar-refractivity contribution >= 4 is 39.9 Å². The molecule has 0 aliphatic carbocycles. The topological polar surface area (TPSA) is 49.6 Å². The van der Waals surface area contributed by atoms with E-state index in [4.69, 9.17) is 16.9 Å². The van der Waals surface area contributed by atoms with Crippen LogP contribution in [-0.4, -0.2) is 16.9 Å². The van der Waals surface area contributed by atoms with E-state index in [1.54, 1.807) is 11.3 Å². The fourth-order valence-electron chi connectivity index (χ4n) is 1.99. The number of nitrogens with zero attached hydrogens (tertiary/aromatic N) is 3. The molecule has 0 atom stereocenters. The third kappa shape index (κ3) is 1.59. The predicted octanol–water partition coefficient (Wildman–Crippen LogP) is 3.00. The van der Waals surface area contributed by atoms with Crippen molar-refractivity contribution in [1.82, 2.24) is 10.2 Å². The molecule has 3 nitrogen and oxygen atoms in total. The molecule has 1 aliphatic rings. The normalized spacial score (nSPS) is 16.1. The van der Waals surface area contributed by atoms with E-state index in [0.29, 0.717) is 11.1 Å². The van der Waals surface area contributed by atoms with Crippen LogP contribution in [0.25, 0.3) is 10.2 Å². The summed E-state index contributed by atoms with van der Waals surface area (Å²) in [5.74, 6) is 2.83. The van der Waals surface area contributed by atoms with Crippen LogP contribution in [0, 0.1) is 11.2 Å². The molecule has 3 heterocycles. The Bertz CT molecular complexity index is 585. The fourth-order valence-corrected chi connectivity index (χ4v) is 3.36. The van der Waals surface area contributed by atoms with Crippen molar-refractivity contribution in [3.8, 4) is 5.97 Å². The molecular formula is C10H7BClN3S. The monoisotopic (exact) mass is 247 g/mol. The maximum absolute atomic E-state index is 8.74. The van der Waals surface area contributed by atoms with Crippen molar-refractivity contribution in [2.45, 2.75) is 18.6 Å². The van der Waals surface area contributed by atoms with Crippen LogP contribution in [0.4, 0.5) is 0 Å². The van der Waals surface area contributed by atoms with E-state index in [0.717, 1.165) is 22.9 Å². The summed E-state index contributed by atoms with van der Waals surface area (Å²) >= 11 is 7.50. The van der Waals surface area contributed by atoms with Crippen molar-refractivity contribution in [3.63, 3.8) is 0 Å². The summed E-state index contributed by atoms with van der Waals surface area (Å²) in [7, 11) is 0. The molecule has 0 aromatic carbocycles. The molecule has 0 amide bonds. The van der Waals surface area contributed by atoms with Gasteiger partial charge in [0, 0.05) is 10.8 Å². The Kier molecular flexibility index (Phi) is 2.34. The van der Waals surface area contributed by atoms with Gasteiger partial charge in [0.1, 0.15) is 5.52 Å². The lowest BCUT2D eigenvalue weighted by Gasteiger charge is -2.26. The van der Waals surface area contributed by atoms with Gasteiger partial charge in [0.25, 0.3) is 6.71 Å². The zero-order chi connectivity index (χ0) is 11.1. The Labute approximate surface area is 102 Å². The molecular weight excluding hydrogens is 240 g/mol. The second-order valence-electron chi connectivity index (χ2n) is 4.06. The minimum absolute atomic E-state index is 0.241. The van der Waals surface area contributed by atoms with E-state index in [2.05, 4.69) is 22.2 Å². The van der Waals surface area contributed by atoms with Crippen LogP contribution in [0.5, 0.6) is 0 Å². The molecule has 6 heteroatoms. The van der Waals surface area contributed by atoms with Crippen LogP contribution in [0.15, 0.2) is 12.1 Å². The van der Waals surface area contributed by atoms with E-state index >= 15 is 0 Å². The van der Waals surface area contributed by atoms with Gasteiger partial charge in [-0.25, -0.2) is 5.26 Å². The van der Waals surface area contributed by atoms with Gasteiger partial charge < -0.3 is 0 Å². The number of aromatic nitrogens is 2. The van der Waals surface area contributed by atoms with Crippen LogP contribution >= 0.6 is 22.9 Å². The molecule has 0 saturated carbocycles. The molecule has 1 aliphatic heterocycles. The summed E-state index contributed by atoms with van der Waals surface area (Å²) < 4.78 is 1.08. The standard InChI is InChI=1S/C10H7BClN3S/c12-10-2-9-7(14-15-10)1-8(16-9)6-3-11(4-6)5-13/h1-2,6H,3-4H2. The van der Waals surface area contributed by atoms with Crippen molar-refractivity contribution in [3.05, 3.63) is 22.2 Å². The molecule has 1 saturated heterocycles. The number of halogens is 1. The van der Waals surface area contributed by atoms with Crippen molar-refractivity contribution in [2.75, 3.05) is 0 Å². The zero-order valence-corrected chi connectivity index (χ0v) is 9.92. The highest BCUT2D eigenvalue weighted by Crippen LogP contribution is 2.42. The highest BCUT2D eigenvalue weighted by Gasteiger charge is 2.35. The van der Waals surface area contributed by atoms with E-state index < -0.39 is 0 Å². The van der Waals surface area contributed by atoms with Gasteiger partial charge in [-0.05, 0) is 18.1 Å². The molecule has 0 spiro atoms. The first kappa shape index (κ1) is 10.1. The fraction of sp³-hybridized carbons (Fsp3) is 0.300. The van der Waals surface area contributed by atoms with Gasteiger partial charge in [-0.1, -0.05) is 24.2 Å². The molecule has 3 rings (SSSR count). The highest BCUT2D eigenvalue weighted by molar-refractivity contribution is 7.19. The average molecular weight is 248 g/mol. The van der Waals surface area contributed by atoms with Crippen LogP contribution < -0.4 is 0 Å². The first-order chi connectivity index (χ1) is 7.76. The highest BCUT2D eigenvalue weighted by atomic mass is 35.5. The van der Waals surface area contributed by atoms with E-state index in [1.807, 2.05) is 6.07 Å². The third-order valence-corrected chi connectivity index (χ3v) is 4.40. The van der Waals surface area contributed by atoms with Crippen LogP contribution in [0.1, 0.15) is 10.8 Å². The Morgan fingerprint density at radius 2 is 2.25 bits per heavy atom. The number of thiophene rings is 1. The minimum atomic E-state index is 0.241. The van der Waals surface area contributed by atoms with Gasteiger partial charge in [-0.3, -0.25) is 0 Å². The second kappa shape index (κ2) is 3.72. The summed E-state index contributed by atoms with van der Waals surface area (Å²) in [6.07, 6.45) is 1.95. The Morgan fingerprint density at radius 3 is 3.00 bits per heavy atom. The lowest BCUT2D eigenvalue weighted by atomic mass is 9.32. The molecule has 78 valence electrons. The number of rotatable bonds is 1. The zero-order valence-electron chi connectivity index (χ0n) is 8.35. The first-order valence-electron chi connectivity index (χ1n) is 5.08. The van der Waals surface area contributed by atoms with E-state index in [1.165, 1.54) is 4.88 Å². The van der Waals surface area contributed by atoms with Gasteiger partial charge in [-0.2, -0.15) is 0 Å². The second-order valence-corrected chi connectivity index (χ2v) is 5.56. The number of hydrogen-bond acceptors (Lipinski definition) is 4. The summed E-state index contributed by atoms with van der Waals surface area (Å²) in [4.78, 5) is 1.30. The molecule has 2 aromatic heterocycles.